The number of hydrogen-bond donors (Lipinski definition) is 1. The van der Waals surface area contributed by atoms with Gasteiger partial charge in [-0.2, -0.15) is 4.39 Å². The summed E-state index contributed by atoms with van der Waals surface area (Å²) in [6, 6.07) is 16.0. The predicted molar refractivity (Wildman–Crippen MR) is 140 cm³/mol. The molecule has 1 atom stereocenters. The van der Waals surface area contributed by atoms with Gasteiger partial charge in [-0.05, 0) is 61.1 Å². The van der Waals surface area contributed by atoms with Gasteiger partial charge >= 0.3 is 0 Å². The first-order valence-corrected chi connectivity index (χ1v) is 12.6. The van der Waals surface area contributed by atoms with E-state index in [2.05, 4.69) is 4.98 Å². The Morgan fingerprint density at radius 1 is 0.737 bits per heavy atom. The second-order valence-corrected chi connectivity index (χ2v) is 9.05. The van der Waals surface area contributed by atoms with Crippen LogP contribution in [0.25, 0.3) is 22.3 Å². The smallest absolute Gasteiger partial charge is 0.201 e. The molecule has 0 fully saturated rings. The summed E-state index contributed by atoms with van der Waals surface area (Å²) in [4.78, 5) is 4.20. The monoisotopic (exact) mass is 523 g/mol. The highest BCUT2D eigenvalue weighted by atomic mass is 19.2. The minimum atomic E-state index is -1.03. The van der Waals surface area contributed by atoms with Gasteiger partial charge in [-0.15, -0.1) is 0 Å². The number of nitrogens with zero attached hydrogens (tertiary/aromatic N) is 1. The Hall–Kier alpha value is -3.71. The van der Waals surface area contributed by atoms with Crippen LogP contribution in [-0.4, -0.2) is 16.7 Å². The summed E-state index contributed by atoms with van der Waals surface area (Å²) in [7, 11) is 0. The van der Waals surface area contributed by atoms with E-state index in [4.69, 9.17) is 4.74 Å². The summed E-state index contributed by atoms with van der Waals surface area (Å²) >= 11 is 0. The third-order valence-electron chi connectivity index (χ3n) is 6.46. The van der Waals surface area contributed by atoms with E-state index in [1.165, 1.54) is 24.4 Å². The summed E-state index contributed by atoms with van der Waals surface area (Å²) in [5.74, 6) is -4.01. The Labute approximate surface area is 219 Å². The highest BCUT2D eigenvalue weighted by molar-refractivity contribution is 5.66. The van der Waals surface area contributed by atoms with Crippen molar-refractivity contribution in [2.24, 2.45) is 0 Å². The number of aromatic nitrogens is 1. The lowest BCUT2D eigenvalue weighted by atomic mass is 9.98. The van der Waals surface area contributed by atoms with Crippen molar-refractivity contribution in [3.05, 3.63) is 107 Å². The lowest BCUT2D eigenvalue weighted by molar-refractivity contribution is 0.162. The quantitative estimate of drug-likeness (QED) is 0.214. The molecule has 4 rings (SSSR count). The van der Waals surface area contributed by atoms with Crippen molar-refractivity contribution >= 4 is 0 Å². The predicted octanol–water partition coefficient (Wildman–Crippen LogP) is 7.99. The van der Waals surface area contributed by atoms with Crippen LogP contribution in [0.3, 0.4) is 0 Å². The lowest BCUT2D eigenvalue weighted by Crippen LogP contribution is -2.02. The first kappa shape index (κ1) is 27.3. The molecule has 0 aliphatic carbocycles. The van der Waals surface area contributed by atoms with Gasteiger partial charge < -0.3 is 9.84 Å². The summed E-state index contributed by atoms with van der Waals surface area (Å²) in [6.45, 7) is 3.88. The van der Waals surface area contributed by atoms with Crippen LogP contribution in [0.2, 0.25) is 0 Å². The number of hydrogen-bond acceptors (Lipinski definition) is 3. The molecule has 0 saturated heterocycles. The fraction of sp³-hybridized carbons (Fsp3) is 0.258. The molecule has 4 aromatic rings. The van der Waals surface area contributed by atoms with Gasteiger partial charge in [-0.3, -0.25) is 4.98 Å². The number of halogens is 4. The number of aryl methyl sites for hydroxylation is 2. The normalized spacial score (nSPS) is 12.0. The van der Waals surface area contributed by atoms with Crippen LogP contribution >= 0.6 is 0 Å². The molecule has 1 N–H and O–H groups in total. The van der Waals surface area contributed by atoms with Gasteiger partial charge in [0.2, 0.25) is 5.82 Å². The topological polar surface area (TPSA) is 42.4 Å². The maximum absolute atomic E-state index is 14.9. The zero-order chi connectivity index (χ0) is 27.2. The van der Waals surface area contributed by atoms with Crippen molar-refractivity contribution in [2.45, 2.75) is 45.6 Å². The zero-order valence-corrected chi connectivity index (χ0v) is 21.3. The van der Waals surface area contributed by atoms with E-state index in [1.54, 1.807) is 49.4 Å². The number of benzene rings is 3. The SMILES string of the molecule is CCCC(O)c1ccc(-c2ccc(CCc3ccc(-c4ccc(OCC)c(F)c4F)cc3)c(F)c2F)cn1. The minimum Gasteiger partial charge on any atom is -0.491 e. The Balaban J connectivity index is 1.45. The van der Waals surface area contributed by atoms with Crippen LogP contribution in [-0.2, 0) is 12.8 Å². The highest BCUT2D eigenvalue weighted by Crippen LogP contribution is 2.31. The largest absolute Gasteiger partial charge is 0.491 e. The van der Waals surface area contributed by atoms with Gasteiger partial charge in [0.05, 0.1) is 18.4 Å². The molecule has 1 aromatic heterocycles. The van der Waals surface area contributed by atoms with Crippen LogP contribution in [0.4, 0.5) is 17.6 Å². The first-order valence-electron chi connectivity index (χ1n) is 12.6. The molecular formula is C31H29F4NO2. The molecule has 1 heterocycles. The van der Waals surface area contributed by atoms with Gasteiger partial charge in [0.1, 0.15) is 0 Å². The van der Waals surface area contributed by atoms with Crippen molar-refractivity contribution in [1.29, 1.82) is 0 Å². The van der Waals surface area contributed by atoms with Crippen molar-refractivity contribution in [3.63, 3.8) is 0 Å². The number of ether oxygens (including phenoxy) is 1. The standard InChI is InChI=1S/C31H29F4NO2/c1-3-5-26(37)25-16-13-22(18-36-25)24-14-12-21(28(32)29(24)33)11-8-19-6-9-20(10-7-19)23-15-17-27(38-4-2)31(35)30(23)34/h6-7,9-10,12-18,26,37H,3-5,8,11H2,1-2H3. The first-order chi connectivity index (χ1) is 18.3. The van der Waals surface area contributed by atoms with Gasteiger partial charge in [0.25, 0.3) is 0 Å². The fourth-order valence-electron chi connectivity index (χ4n) is 4.34. The molecule has 198 valence electrons. The Morgan fingerprint density at radius 3 is 2.05 bits per heavy atom. The molecule has 0 spiro atoms. The molecule has 0 aliphatic heterocycles. The van der Waals surface area contributed by atoms with Gasteiger partial charge in [0.15, 0.2) is 23.2 Å². The lowest BCUT2D eigenvalue weighted by Gasteiger charge is -2.12. The van der Waals surface area contributed by atoms with Gasteiger partial charge in [-0.25, -0.2) is 13.2 Å². The minimum absolute atomic E-state index is 0.101. The molecule has 0 radical (unpaired) electrons. The second-order valence-electron chi connectivity index (χ2n) is 9.05. The highest BCUT2D eigenvalue weighted by Gasteiger charge is 2.17. The van der Waals surface area contributed by atoms with Crippen LogP contribution in [0.1, 0.15) is 49.6 Å². The van der Waals surface area contributed by atoms with E-state index in [9.17, 15) is 22.7 Å². The molecule has 7 heteroatoms. The third-order valence-corrected chi connectivity index (χ3v) is 6.46. The maximum Gasteiger partial charge on any atom is 0.201 e. The van der Waals surface area contributed by atoms with E-state index in [1.807, 2.05) is 6.92 Å². The average Bonchev–Trinajstić information content (AvgIpc) is 2.93. The van der Waals surface area contributed by atoms with Crippen molar-refractivity contribution < 1.29 is 27.4 Å². The molecule has 1 unspecified atom stereocenters. The van der Waals surface area contributed by atoms with Crippen molar-refractivity contribution in [2.75, 3.05) is 6.61 Å². The third kappa shape index (κ3) is 5.89. The number of aliphatic hydroxyl groups excluding tert-OH is 1. The molecule has 3 nitrogen and oxygen atoms in total. The Kier molecular flexibility index (Phi) is 8.79. The zero-order valence-electron chi connectivity index (χ0n) is 21.3. The molecule has 0 aliphatic rings. The van der Waals surface area contributed by atoms with E-state index in [-0.39, 0.29) is 35.5 Å². The Bertz CT molecular complexity index is 1390. The van der Waals surface area contributed by atoms with E-state index in [0.29, 0.717) is 29.7 Å². The van der Waals surface area contributed by atoms with Gasteiger partial charge in [-0.1, -0.05) is 55.8 Å². The second kappa shape index (κ2) is 12.2. The van der Waals surface area contributed by atoms with E-state index in [0.717, 1.165) is 12.0 Å². The molecule has 38 heavy (non-hydrogen) atoms. The summed E-state index contributed by atoms with van der Waals surface area (Å²) in [5, 5.41) is 10.1. The summed E-state index contributed by atoms with van der Waals surface area (Å²) in [6.07, 6.45) is 2.82. The van der Waals surface area contributed by atoms with E-state index < -0.39 is 29.4 Å². The number of aliphatic hydroxyl groups is 1. The van der Waals surface area contributed by atoms with Crippen LogP contribution in [0.15, 0.2) is 66.9 Å². The van der Waals surface area contributed by atoms with Crippen LogP contribution in [0, 0.1) is 23.3 Å². The summed E-state index contributed by atoms with van der Waals surface area (Å²) in [5.41, 5.74) is 2.71. The van der Waals surface area contributed by atoms with E-state index >= 15 is 0 Å². The van der Waals surface area contributed by atoms with Gasteiger partial charge in [0, 0.05) is 22.9 Å². The molecule has 0 bridgehead atoms. The number of pyridine rings is 1. The molecule has 3 aromatic carbocycles. The van der Waals surface area contributed by atoms with Crippen LogP contribution in [0.5, 0.6) is 5.75 Å². The van der Waals surface area contributed by atoms with Crippen molar-refractivity contribution in [1.82, 2.24) is 4.98 Å². The molecular weight excluding hydrogens is 494 g/mol. The maximum atomic E-state index is 14.9. The fourth-order valence-corrected chi connectivity index (χ4v) is 4.34. The van der Waals surface area contributed by atoms with Crippen molar-refractivity contribution in [3.8, 4) is 28.0 Å². The average molecular weight is 524 g/mol. The molecule has 0 amide bonds. The van der Waals surface area contributed by atoms with Crippen LogP contribution < -0.4 is 4.74 Å². The Morgan fingerprint density at radius 2 is 1.39 bits per heavy atom. The number of rotatable bonds is 10. The molecule has 0 saturated carbocycles. The summed E-state index contributed by atoms with van der Waals surface area (Å²) < 4.78 is 63.6.